The number of nitrogens with one attached hydrogen (secondary N) is 1. The quantitative estimate of drug-likeness (QED) is 0.619. The Hall–Kier alpha value is -2.66. The lowest BCUT2D eigenvalue weighted by Crippen LogP contribution is -2.29. The van der Waals surface area contributed by atoms with Crippen molar-refractivity contribution < 1.29 is 14.3 Å². The van der Waals surface area contributed by atoms with E-state index in [4.69, 9.17) is 4.74 Å². The third-order valence-electron chi connectivity index (χ3n) is 5.23. The highest BCUT2D eigenvalue weighted by Gasteiger charge is 2.24. The van der Waals surface area contributed by atoms with E-state index >= 15 is 0 Å². The predicted molar refractivity (Wildman–Crippen MR) is 113 cm³/mol. The molecule has 144 valence electrons. The highest BCUT2D eigenvalue weighted by atomic mass is 32.1. The monoisotopic (exact) mass is 393 g/mol. The standard InChI is InChI=1S/C23H23NO3S/c1-14-10-11-20-17(12-14)13-21(28-20)23(26)27-15(2)22(25)24-19-9-5-7-16-6-3-4-8-18(16)19/h3-9,13-15H,10-12H2,1-2H3,(H,24,25)/t14-,15+/m0/s1. The molecule has 0 radical (unpaired) electrons. The Morgan fingerprint density at radius 2 is 1.96 bits per heavy atom. The van der Waals surface area contributed by atoms with Gasteiger partial charge in [0.25, 0.3) is 5.91 Å². The van der Waals surface area contributed by atoms with E-state index in [-0.39, 0.29) is 5.91 Å². The minimum absolute atomic E-state index is 0.334. The number of carbonyl (C=O) groups is 2. The van der Waals surface area contributed by atoms with E-state index in [0.29, 0.717) is 16.5 Å². The highest BCUT2D eigenvalue weighted by Crippen LogP contribution is 2.32. The maximum Gasteiger partial charge on any atom is 0.349 e. The van der Waals surface area contributed by atoms with Gasteiger partial charge in [-0.3, -0.25) is 4.79 Å². The van der Waals surface area contributed by atoms with E-state index in [1.807, 2.05) is 48.5 Å². The molecule has 4 nitrogen and oxygen atoms in total. The molecular formula is C23H23NO3S. The summed E-state index contributed by atoms with van der Waals surface area (Å²) in [5.74, 6) is -0.108. The van der Waals surface area contributed by atoms with Gasteiger partial charge in [0, 0.05) is 16.0 Å². The molecule has 1 aliphatic carbocycles. The first-order chi connectivity index (χ1) is 13.5. The normalized spacial score (nSPS) is 17.0. The van der Waals surface area contributed by atoms with Gasteiger partial charge in [-0.05, 0) is 55.2 Å². The van der Waals surface area contributed by atoms with Crippen molar-refractivity contribution in [2.45, 2.75) is 39.2 Å². The van der Waals surface area contributed by atoms with Crippen molar-refractivity contribution in [3.8, 4) is 0 Å². The van der Waals surface area contributed by atoms with E-state index < -0.39 is 12.1 Å². The Morgan fingerprint density at radius 3 is 2.82 bits per heavy atom. The van der Waals surface area contributed by atoms with E-state index in [9.17, 15) is 9.59 Å². The summed E-state index contributed by atoms with van der Waals surface area (Å²) in [6.07, 6.45) is 2.32. The highest BCUT2D eigenvalue weighted by molar-refractivity contribution is 7.14. The molecule has 5 heteroatoms. The zero-order chi connectivity index (χ0) is 19.7. The summed E-state index contributed by atoms with van der Waals surface area (Å²) in [7, 11) is 0. The lowest BCUT2D eigenvalue weighted by molar-refractivity contribution is -0.123. The summed E-state index contributed by atoms with van der Waals surface area (Å²) in [5, 5.41) is 4.88. The number of hydrogen-bond acceptors (Lipinski definition) is 4. The van der Waals surface area contributed by atoms with Crippen molar-refractivity contribution in [2.24, 2.45) is 5.92 Å². The van der Waals surface area contributed by atoms with Gasteiger partial charge in [-0.1, -0.05) is 43.3 Å². The molecule has 0 fully saturated rings. The second-order valence-corrected chi connectivity index (χ2v) is 8.61. The van der Waals surface area contributed by atoms with Gasteiger partial charge in [0.15, 0.2) is 6.10 Å². The third kappa shape index (κ3) is 3.80. The zero-order valence-electron chi connectivity index (χ0n) is 16.0. The Labute approximate surface area is 168 Å². The molecule has 2 aromatic carbocycles. The second-order valence-electron chi connectivity index (χ2n) is 7.47. The first-order valence-electron chi connectivity index (χ1n) is 9.62. The molecule has 0 saturated heterocycles. The van der Waals surface area contributed by atoms with E-state index in [2.05, 4.69) is 12.2 Å². The van der Waals surface area contributed by atoms with E-state index in [0.717, 1.165) is 30.0 Å². The number of rotatable bonds is 4. The van der Waals surface area contributed by atoms with Crippen molar-refractivity contribution >= 4 is 39.7 Å². The van der Waals surface area contributed by atoms with Crippen LogP contribution in [0.5, 0.6) is 0 Å². The molecule has 1 heterocycles. The fourth-order valence-electron chi connectivity index (χ4n) is 3.65. The van der Waals surface area contributed by atoms with Gasteiger partial charge in [0.1, 0.15) is 4.88 Å². The van der Waals surface area contributed by atoms with Gasteiger partial charge in [-0.15, -0.1) is 11.3 Å². The average Bonchev–Trinajstić information content (AvgIpc) is 3.11. The summed E-state index contributed by atoms with van der Waals surface area (Å²) in [5.41, 5.74) is 1.97. The molecule has 28 heavy (non-hydrogen) atoms. The molecule has 2 atom stereocenters. The van der Waals surface area contributed by atoms with Gasteiger partial charge >= 0.3 is 5.97 Å². The largest absolute Gasteiger partial charge is 0.448 e. The number of thiophene rings is 1. The molecule has 1 aliphatic rings. The van der Waals surface area contributed by atoms with Gasteiger partial charge in [0.2, 0.25) is 0 Å². The molecule has 3 aromatic rings. The number of amides is 1. The van der Waals surface area contributed by atoms with E-state index in [1.54, 1.807) is 6.92 Å². The Kier molecular flexibility index (Phi) is 5.18. The van der Waals surface area contributed by atoms with Crippen LogP contribution in [0.25, 0.3) is 10.8 Å². The minimum Gasteiger partial charge on any atom is -0.448 e. The maximum atomic E-state index is 12.6. The van der Waals surface area contributed by atoms with Crippen molar-refractivity contribution in [3.63, 3.8) is 0 Å². The number of anilines is 1. The van der Waals surface area contributed by atoms with Gasteiger partial charge in [0.05, 0.1) is 0 Å². The van der Waals surface area contributed by atoms with Crippen LogP contribution in [0.2, 0.25) is 0 Å². The van der Waals surface area contributed by atoms with Crippen LogP contribution in [0.3, 0.4) is 0 Å². The topological polar surface area (TPSA) is 55.4 Å². The van der Waals surface area contributed by atoms with Crippen LogP contribution in [0.1, 0.15) is 40.4 Å². The number of hydrogen-bond donors (Lipinski definition) is 1. The Bertz CT molecular complexity index is 1030. The van der Waals surface area contributed by atoms with Crippen LogP contribution in [-0.4, -0.2) is 18.0 Å². The SMILES string of the molecule is C[C@H]1CCc2sc(C(=O)O[C@H](C)C(=O)Nc3cccc4ccccc34)cc2C1. The lowest BCUT2D eigenvalue weighted by Gasteiger charge is -2.16. The summed E-state index contributed by atoms with van der Waals surface area (Å²) in [4.78, 5) is 27.0. The van der Waals surface area contributed by atoms with Crippen LogP contribution >= 0.6 is 11.3 Å². The zero-order valence-corrected chi connectivity index (χ0v) is 16.8. The molecule has 0 aliphatic heterocycles. The molecule has 4 rings (SSSR count). The maximum absolute atomic E-state index is 12.6. The van der Waals surface area contributed by atoms with Crippen LogP contribution in [0.15, 0.2) is 48.5 Å². The fraction of sp³-hybridized carbons (Fsp3) is 0.304. The molecule has 1 N–H and O–H groups in total. The Balaban J connectivity index is 1.44. The first-order valence-corrected chi connectivity index (χ1v) is 10.4. The smallest absolute Gasteiger partial charge is 0.349 e. The second kappa shape index (κ2) is 7.76. The van der Waals surface area contributed by atoms with Crippen LogP contribution < -0.4 is 5.32 Å². The summed E-state index contributed by atoms with van der Waals surface area (Å²) in [6, 6.07) is 15.5. The number of esters is 1. The van der Waals surface area contributed by atoms with Gasteiger partial charge in [-0.25, -0.2) is 4.79 Å². The third-order valence-corrected chi connectivity index (χ3v) is 6.45. The molecule has 0 bridgehead atoms. The van der Waals surface area contributed by atoms with Crippen molar-refractivity contribution in [1.82, 2.24) is 0 Å². The lowest BCUT2D eigenvalue weighted by atomic mass is 9.90. The van der Waals surface area contributed by atoms with Crippen LogP contribution in [0, 0.1) is 5.92 Å². The number of ether oxygens (including phenoxy) is 1. The van der Waals surface area contributed by atoms with Gasteiger partial charge in [-0.2, -0.15) is 0 Å². The number of benzene rings is 2. The molecule has 1 aromatic heterocycles. The molecule has 0 spiro atoms. The predicted octanol–water partition coefficient (Wildman–Crippen LogP) is 5.21. The summed E-state index contributed by atoms with van der Waals surface area (Å²) >= 11 is 1.50. The van der Waals surface area contributed by atoms with Crippen molar-refractivity contribution in [3.05, 3.63) is 63.8 Å². The van der Waals surface area contributed by atoms with Crippen molar-refractivity contribution in [2.75, 3.05) is 5.32 Å². The fourth-order valence-corrected chi connectivity index (χ4v) is 4.74. The molecule has 1 amide bonds. The number of aryl methyl sites for hydroxylation is 1. The summed E-state index contributed by atoms with van der Waals surface area (Å²) in [6.45, 7) is 3.84. The molecule has 0 saturated carbocycles. The average molecular weight is 394 g/mol. The van der Waals surface area contributed by atoms with Gasteiger partial charge < -0.3 is 10.1 Å². The Morgan fingerprint density at radius 1 is 1.18 bits per heavy atom. The molecular weight excluding hydrogens is 370 g/mol. The van der Waals surface area contributed by atoms with Crippen LogP contribution in [-0.2, 0) is 22.4 Å². The molecule has 0 unspecified atom stereocenters. The number of carbonyl (C=O) groups excluding carboxylic acids is 2. The van der Waals surface area contributed by atoms with Crippen LogP contribution in [0.4, 0.5) is 5.69 Å². The van der Waals surface area contributed by atoms with Crippen molar-refractivity contribution in [1.29, 1.82) is 0 Å². The summed E-state index contributed by atoms with van der Waals surface area (Å²) < 4.78 is 5.45. The first kappa shape index (κ1) is 18.7. The minimum atomic E-state index is -0.871. The number of fused-ring (bicyclic) bond motifs is 2. The van der Waals surface area contributed by atoms with E-state index in [1.165, 1.54) is 21.8 Å².